The van der Waals surface area contributed by atoms with E-state index >= 15 is 4.39 Å². The highest BCUT2D eigenvalue weighted by molar-refractivity contribution is 8.07. The Morgan fingerprint density at radius 2 is 1.68 bits per heavy atom. The fourth-order valence-electron chi connectivity index (χ4n) is 9.16. The van der Waals surface area contributed by atoms with E-state index in [1.807, 2.05) is 84.9 Å². The van der Waals surface area contributed by atoms with Crippen molar-refractivity contribution >= 4 is 55.6 Å². The van der Waals surface area contributed by atoms with Crippen molar-refractivity contribution in [1.29, 1.82) is 5.26 Å². The van der Waals surface area contributed by atoms with Gasteiger partial charge in [-0.25, -0.2) is 19.0 Å². The topological polar surface area (TPSA) is 269 Å². The third-order valence-corrected chi connectivity index (χ3v) is 15.6. The first-order valence-corrected chi connectivity index (χ1v) is 27.2. The molecular weight excluding hydrogens is 1010 g/mol. The Morgan fingerprint density at radius 1 is 1.00 bits per heavy atom. The van der Waals surface area contributed by atoms with E-state index in [9.17, 15) is 24.3 Å². The number of fused-ring (bicyclic) bond motifs is 1. The summed E-state index contributed by atoms with van der Waals surface area (Å²) in [7, 11) is -0.433. The zero-order valence-electron chi connectivity index (χ0n) is 40.2. The smallest absolute Gasteiger partial charge is 0.327 e. The maximum Gasteiger partial charge on any atom is 0.327 e. The summed E-state index contributed by atoms with van der Waals surface area (Å²) in [6, 6.07) is 26.9. The molecule has 3 aromatic heterocycles. The maximum atomic E-state index is 16.1. The molecule has 2 saturated carbocycles. The molecule has 0 saturated heterocycles. The first-order valence-electron chi connectivity index (χ1n) is 23.4. The third kappa shape index (κ3) is 12.3. The van der Waals surface area contributed by atoms with E-state index in [1.165, 1.54) is 17.2 Å². The van der Waals surface area contributed by atoms with Crippen molar-refractivity contribution in [3.63, 3.8) is 0 Å². The van der Waals surface area contributed by atoms with Crippen molar-refractivity contribution in [3.8, 4) is 17.6 Å². The van der Waals surface area contributed by atoms with Gasteiger partial charge in [0.1, 0.15) is 41.5 Å². The van der Waals surface area contributed by atoms with Gasteiger partial charge in [0.25, 0.3) is 5.56 Å². The van der Waals surface area contributed by atoms with E-state index in [-0.39, 0.29) is 74.4 Å². The Hall–Kier alpha value is -6.05. The summed E-state index contributed by atoms with van der Waals surface area (Å²) < 4.78 is 72.7. The number of rotatable bonds is 23. The predicted molar refractivity (Wildman–Crippen MR) is 269 cm³/mol. The van der Waals surface area contributed by atoms with Crippen molar-refractivity contribution < 1.29 is 50.9 Å². The number of benzene rings is 3. The van der Waals surface area contributed by atoms with Crippen LogP contribution in [0.5, 0.6) is 11.5 Å². The zero-order valence-corrected chi connectivity index (χ0v) is 42.9. The minimum absolute atomic E-state index is 0.0408. The van der Waals surface area contributed by atoms with Gasteiger partial charge < -0.3 is 42.5 Å². The predicted octanol–water partition coefficient (Wildman–Crippen LogP) is 7.04. The molecule has 25 heteroatoms. The van der Waals surface area contributed by atoms with Gasteiger partial charge in [0.15, 0.2) is 11.2 Å². The quantitative estimate of drug-likeness (QED) is 0.0285. The average molecular weight is 1060 g/mol. The number of carbonyl (C=O) groups excluding carboxylic acids is 1. The van der Waals surface area contributed by atoms with E-state index in [4.69, 9.17) is 44.1 Å². The maximum absolute atomic E-state index is 16.1. The van der Waals surface area contributed by atoms with Crippen molar-refractivity contribution in [2.75, 3.05) is 44.7 Å². The molecule has 0 spiro atoms. The number of amides is 1. The molecule has 73 heavy (non-hydrogen) atoms. The number of methoxy groups -OCH3 is 2. The lowest BCUT2D eigenvalue weighted by Gasteiger charge is -2.37. The Bertz CT molecular complexity index is 2950. The second-order valence-corrected chi connectivity index (χ2v) is 21.5. The molecular formula is C48H55FN10O11P2S. The van der Waals surface area contributed by atoms with E-state index in [0.717, 1.165) is 16.7 Å². The van der Waals surface area contributed by atoms with Gasteiger partial charge in [0.2, 0.25) is 11.9 Å². The molecule has 0 aliphatic heterocycles. The molecule has 0 radical (unpaired) electrons. The van der Waals surface area contributed by atoms with Crippen LogP contribution in [0.2, 0.25) is 0 Å². The van der Waals surface area contributed by atoms with Crippen LogP contribution < -0.4 is 25.7 Å². The lowest BCUT2D eigenvalue weighted by Crippen LogP contribution is -2.34. The van der Waals surface area contributed by atoms with Crippen LogP contribution in [0.4, 0.5) is 16.2 Å². The minimum atomic E-state index is -3.94. The summed E-state index contributed by atoms with van der Waals surface area (Å²) in [6.45, 7) is -0.968. The van der Waals surface area contributed by atoms with Crippen LogP contribution in [0.1, 0.15) is 62.3 Å². The fourth-order valence-corrected chi connectivity index (χ4v) is 11.9. The SMILES string of the molecule is COc1ccc(C(OC[C@H]2C[C@@H](n3nnc4c(=O)[nH]c(NC(=O)C(C)C)nc43)[C@H](OP(=S)(OCCC#N)OC[C@H]3C[C@@H](Nc4ccncn4)[C@H](F)[C@@H]3O[PH](=O)O)C2)(c2ccccc2)c2ccc(OC)cc2)cc1. The Balaban J connectivity index is 1.16. The third-order valence-electron chi connectivity index (χ3n) is 12.7. The van der Waals surface area contributed by atoms with Gasteiger partial charge in [0.05, 0.1) is 64.7 Å². The lowest BCUT2D eigenvalue weighted by atomic mass is 9.80. The largest absolute Gasteiger partial charge is 0.497 e. The number of anilines is 2. The van der Waals surface area contributed by atoms with Crippen molar-refractivity contribution in [1.82, 2.24) is 34.9 Å². The van der Waals surface area contributed by atoms with Crippen LogP contribution in [-0.4, -0.2) is 104 Å². The number of aromatic nitrogens is 7. The van der Waals surface area contributed by atoms with E-state index in [0.29, 0.717) is 17.3 Å². The number of halogens is 1. The minimum Gasteiger partial charge on any atom is -0.497 e. The number of hydrogen-bond acceptors (Lipinski definition) is 18. The van der Waals surface area contributed by atoms with Crippen molar-refractivity contribution in [3.05, 3.63) is 124 Å². The summed E-state index contributed by atoms with van der Waals surface area (Å²) in [4.78, 5) is 51.3. The molecule has 2 aliphatic carbocycles. The van der Waals surface area contributed by atoms with Gasteiger partial charge >= 0.3 is 15.0 Å². The highest BCUT2D eigenvalue weighted by Crippen LogP contribution is 2.56. The van der Waals surface area contributed by atoms with Crippen LogP contribution in [0.25, 0.3) is 11.2 Å². The molecule has 2 unspecified atom stereocenters. The van der Waals surface area contributed by atoms with Gasteiger partial charge in [-0.1, -0.05) is 73.7 Å². The number of aromatic amines is 1. The molecule has 3 heterocycles. The molecule has 8 rings (SSSR count). The monoisotopic (exact) mass is 1060 g/mol. The second kappa shape index (κ2) is 23.9. The van der Waals surface area contributed by atoms with Gasteiger partial charge in [-0.2, -0.15) is 10.2 Å². The first-order chi connectivity index (χ1) is 35.2. The van der Waals surface area contributed by atoms with Crippen molar-refractivity contribution in [2.24, 2.45) is 17.8 Å². The Kier molecular flexibility index (Phi) is 17.4. The molecule has 386 valence electrons. The highest BCUT2D eigenvalue weighted by Gasteiger charge is 2.48. The summed E-state index contributed by atoms with van der Waals surface area (Å²) in [5.74, 6) is -0.482. The molecule has 6 aromatic rings. The van der Waals surface area contributed by atoms with Crippen LogP contribution in [0.3, 0.4) is 0 Å². The van der Waals surface area contributed by atoms with E-state index < -0.39 is 68.4 Å². The second-order valence-electron chi connectivity index (χ2n) is 17.7. The molecule has 3 aromatic carbocycles. The standard InChI is InChI=1S/C48H55FN10O11P2S/c1-29(2)45(60)55-47-54-44-42(46(61)56-47)57-58-59(44)38-23-30(26-66-48(32-9-6-5-7-10-32,33-11-15-35(64-3)16-12-33)34-13-17-36(65-4)18-14-34)24-39(38)70-72(73,67-22-8-20-50)68-27-31-25-37(41(49)43(31)69-71(62)63)53-40-19-21-51-28-52-40/h5-7,9-19,21,28-31,37-39,41,43,71H,8,22-27H2,1-4H3,(H,62,63)(H,51,52,53)(H2,54,55,56,60,61)/t30-,31+,37+,38+,39+,41-,43+,72?/m0/s1. The number of nitrogens with one attached hydrogen (secondary N) is 3. The molecule has 2 fully saturated rings. The molecule has 1 amide bonds. The summed E-state index contributed by atoms with van der Waals surface area (Å²) in [5.41, 5.74) is 0.518. The molecule has 21 nitrogen and oxygen atoms in total. The lowest BCUT2D eigenvalue weighted by molar-refractivity contribution is -0.118. The number of H-pyrrole nitrogens is 1. The number of nitrogens with zero attached hydrogens (tertiary/aromatic N) is 7. The zero-order chi connectivity index (χ0) is 51.7. The van der Waals surface area contributed by atoms with Crippen LogP contribution in [0, 0.1) is 29.1 Å². The Morgan fingerprint density at radius 3 is 2.30 bits per heavy atom. The van der Waals surface area contributed by atoms with Crippen LogP contribution in [-0.2, 0) is 49.6 Å². The molecule has 0 bridgehead atoms. The van der Waals surface area contributed by atoms with Crippen LogP contribution in [0.15, 0.2) is 102 Å². The average Bonchev–Trinajstić information content (AvgIpc) is 4.08. The fraction of sp³-hybridized carbons (Fsp3) is 0.417. The summed E-state index contributed by atoms with van der Waals surface area (Å²) in [6.07, 6.45) is -0.785. The summed E-state index contributed by atoms with van der Waals surface area (Å²) >= 11 is 6.11. The number of carbonyl (C=O) groups is 1. The number of alkyl halides is 1. The summed E-state index contributed by atoms with van der Waals surface area (Å²) in [5, 5.41) is 23.8. The molecule has 4 N–H and O–H groups in total. The number of ether oxygens (including phenoxy) is 3. The van der Waals surface area contributed by atoms with Crippen molar-refractivity contribution in [2.45, 2.75) is 75.6 Å². The highest BCUT2D eigenvalue weighted by atomic mass is 32.5. The normalized spacial score (nSPS) is 22.1. The van der Waals surface area contributed by atoms with Crippen LogP contribution >= 0.6 is 15.0 Å². The van der Waals surface area contributed by atoms with E-state index in [2.05, 4.69) is 40.9 Å². The Labute approximate surface area is 425 Å². The van der Waals surface area contributed by atoms with Gasteiger partial charge in [0, 0.05) is 18.0 Å². The van der Waals surface area contributed by atoms with Gasteiger partial charge in [-0.3, -0.25) is 24.5 Å². The first kappa shape index (κ1) is 53.2. The molecule has 2 aliphatic rings. The number of nitriles is 1. The molecule has 9 atom stereocenters. The number of hydrogen-bond donors (Lipinski definition) is 4. The van der Waals surface area contributed by atoms with Gasteiger partial charge in [-0.15, -0.1) is 5.10 Å². The van der Waals surface area contributed by atoms with Gasteiger partial charge in [-0.05, 0) is 84.0 Å². The van der Waals surface area contributed by atoms with E-state index in [1.54, 1.807) is 34.1 Å².